The van der Waals surface area contributed by atoms with Crippen molar-refractivity contribution in [2.45, 2.75) is 51.0 Å². The third-order valence-corrected chi connectivity index (χ3v) is 3.99. The van der Waals surface area contributed by atoms with E-state index in [-0.39, 0.29) is 6.04 Å². The van der Waals surface area contributed by atoms with Gasteiger partial charge in [0, 0.05) is 13.6 Å². The van der Waals surface area contributed by atoms with Crippen LogP contribution in [0.1, 0.15) is 44.9 Å². The maximum atomic E-state index is 12.2. The second-order valence-corrected chi connectivity index (χ2v) is 5.37. The van der Waals surface area contributed by atoms with E-state index >= 15 is 0 Å². The smallest absolute Gasteiger partial charge is 0.239 e. The monoisotopic (exact) mass is 224 g/mol. The van der Waals surface area contributed by atoms with Crippen LogP contribution < -0.4 is 5.32 Å². The molecule has 1 atom stereocenters. The summed E-state index contributed by atoms with van der Waals surface area (Å²) in [5, 5.41) is 3.38. The van der Waals surface area contributed by atoms with Gasteiger partial charge in [-0.1, -0.05) is 19.3 Å². The Bertz CT molecular complexity index is 230. The fourth-order valence-corrected chi connectivity index (χ4v) is 2.66. The highest BCUT2D eigenvalue weighted by Gasteiger charge is 2.26. The summed E-state index contributed by atoms with van der Waals surface area (Å²) in [6.45, 7) is 1.98. The van der Waals surface area contributed by atoms with Gasteiger partial charge in [0.2, 0.25) is 5.91 Å². The van der Waals surface area contributed by atoms with Crippen molar-refractivity contribution in [2.75, 3.05) is 20.1 Å². The number of nitrogens with one attached hydrogen (secondary N) is 1. The predicted molar refractivity (Wildman–Crippen MR) is 65.2 cm³/mol. The van der Waals surface area contributed by atoms with Gasteiger partial charge in [-0.25, -0.2) is 0 Å². The lowest BCUT2D eigenvalue weighted by atomic mass is 9.85. The highest BCUT2D eigenvalue weighted by atomic mass is 16.2. The minimum Gasteiger partial charge on any atom is -0.344 e. The average molecular weight is 224 g/mol. The van der Waals surface area contributed by atoms with Crippen molar-refractivity contribution in [3.63, 3.8) is 0 Å². The van der Waals surface area contributed by atoms with Gasteiger partial charge < -0.3 is 10.2 Å². The normalized spacial score (nSPS) is 26.9. The summed E-state index contributed by atoms with van der Waals surface area (Å²) < 4.78 is 0. The lowest BCUT2D eigenvalue weighted by Crippen LogP contribution is -2.46. The zero-order valence-electron chi connectivity index (χ0n) is 10.4. The molecule has 0 aromatic rings. The van der Waals surface area contributed by atoms with Gasteiger partial charge in [-0.3, -0.25) is 4.79 Å². The topological polar surface area (TPSA) is 32.3 Å². The number of likely N-dealkylation sites (N-methyl/N-ethyl adjacent to an activating group) is 1. The van der Waals surface area contributed by atoms with Crippen LogP contribution >= 0.6 is 0 Å². The Morgan fingerprint density at radius 2 is 2.00 bits per heavy atom. The molecule has 0 bridgehead atoms. The molecule has 92 valence electrons. The molecule has 1 saturated carbocycles. The molecule has 1 N–H and O–H groups in total. The van der Waals surface area contributed by atoms with Crippen LogP contribution in [-0.2, 0) is 4.79 Å². The van der Waals surface area contributed by atoms with E-state index in [4.69, 9.17) is 0 Å². The molecular formula is C13H24N2O. The Morgan fingerprint density at radius 3 is 2.69 bits per heavy atom. The largest absolute Gasteiger partial charge is 0.344 e. The van der Waals surface area contributed by atoms with E-state index in [1.54, 1.807) is 0 Å². The molecule has 2 rings (SSSR count). The molecule has 0 aromatic carbocycles. The van der Waals surface area contributed by atoms with Gasteiger partial charge in [0.25, 0.3) is 0 Å². The fraction of sp³-hybridized carbons (Fsp3) is 0.923. The third kappa shape index (κ3) is 2.97. The second-order valence-electron chi connectivity index (χ2n) is 5.37. The predicted octanol–water partition coefficient (Wildman–Crippen LogP) is 1.78. The standard InChI is InChI=1S/C13H24N2O/c1-15(10-11-6-5-7-11)13(16)12-8-3-2-4-9-14-12/h11-12,14H,2-10H2,1H3. The number of amides is 1. The molecule has 1 aliphatic heterocycles. The van der Waals surface area contributed by atoms with Crippen molar-refractivity contribution in [3.05, 3.63) is 0 Å². The molecule has 1 amide bonds. The number of carbonyl (C=O) groups is 1. The van der Waals surface area contributed by atoms with Crippen molar-refractivity contribution in [3.8, 4) is 0 Å². The highest BCUT2D eigenvalue weighted by Crippen LogP contribution is 2.27. The van der Waals surface area contributed by atoms with Crippen molar-refractivity contribution in [1.82, 2.24) is 10.2 Å². The molecule has 3 nitrogen and oxygen atoms in total. The zero-order chi connectivity index (χ0) is 11.4. The van der Waals surface area contributed by atoms with Crippen LogP contribution in [0, 0.1) is 5.92 Å². The number of carbonyl (C=O) groups excluding carboxylic acids is 1. The van der Waals surface area contributed by atoms with E-state index in [0.717, 1.165) is 25.4 Å². The van der Waals surface area contributed by atoms with Crippen LogP contribution in [0.4, 0.5) is 0 Å². The molecule has 1 saturated heterocycles. The Balaban J connectivity index is 1.79. The second kappa shape index (κ2) is 5.67. The summed E-state index contributed by atoms with van der Waals surface area (Å²) in [5.74, 6) is 1.09. The molecule has 2 fully saturated rings. The van der Waals surface area contributed by atoms with Crippen LogP contribution in [-0.4, -0.2) is 37.0 Å². The molecule has 1 aliphatic carbocycles. The van der Waals surface area contributed by atoms with Crippen molar-refractivity contribution in [1.29, 1.82) is 0 Å². The highest BCUT2D eigenvalue weighted by molar-refractivity contribution is 5.81. The molecule has 3 heteroatoms. The van der Waals surface area contributed by atoms with Crippen molar-refractivity contribution < 1.29 is 4.79 Å². The fourth-order valence-electron chi connectivity index (χ4n) is 2.66. The Hall–Kier alpha value is -0.570. The third-order valence-electron chi connectivity index (χ3n) is 3.99. The molecule has 16 heavy (non-hydrogen) atoms. The van der Waals surface area contributed by atoms with Gasteiger partial charge in [0.05, 0.1) is 6.04 Å². The maximum absolute atomic E-state index is 12.2. The minimum absolute atomic E-state index is 0.0903. The lowest BCUT2D eigenvalue weighted by molar-refractivity contribution is -0.133. The molecule has 2 aliphatic rings. The van der Waals surface area contributed by atoms with Crippen LogP contribution in [0.3, 0.4) is 0 Å². The first kappa shape index (κ1) is 11.9. The van der Waals surface area contributed by atoms with Gasteiger partial charge in [0.1, 0.15) is 0 Å². The average Bonchev–Trinajstić information content (AvgIpc) is 2.50. The number of hydrogen-bond donors (Lipinski definition) is 1. The van der Waals surface area contributed by atoms with Gasteiger partial charge in [-0.05, 0) is 38.1 Å². The minimum atomic E-state index is 0.0903. The maximum Gasteiger partial charge on any atom is 0.239 e. The summed E-state index contributed by atoms with van der Waals surface area (Å²) in [5.41, 5.74) is 0. The van der Waals surface area contributed by atoms with Crippen molar-refractivity contribution in [2.24, 2.45) is 5.92 Å². The van der Waals surface area contributed by atoms with Gasteiger partial charge >= 0.3 is 0 Å². The Labute approximate surface area is 98.6 Å². The molecule has 1 unspecified atom stereocenters. The number of nitrogens with zero attached hydrogens (tertiary/aromatic N) is 1. The molecule has 0 aromatic heterocycles. The van der Waals surface area contributed by atoms with E-state index < -0.39 is 0 Å². The summed E-state index contributed by atoms with van der Waals surface area (Å²) in [4.78, 5) is 14.1. The molecule has 0 radical (unpaired) electrons. The van der Waals surface area contributed by atoms with E-state index in [2.05, 4.69) is 5.32 Å². The summed E-state index contributed by atoms with van der Waals surface area (Å²) in [7, 11) is 1.97. The number of hydrogen-bond acceptors (Lipinski definition) is 2. The summed E-state index contributed by atoms with van der Waals surface area (Å²) in [6, 6.07) is 0.0903. The zero-order valence-corrected chi connectivity index (χ0v) is 10.4. The lowest BCUT2D eigenvalue weighted by Gasteiger charge is -2.32. The van der Waals surface area contributed by atoms with Gasteiger partial charge in [-0.2, -0.15) is 0 Å². The molecule has 0 spiro atoms. The first-order chi connectivity index (χ1) is 7.77. The molecule has 1 heterocycles. The Kier molecular flexibility index (Phi) is 4.22. The van der Waals surface area contributed by atoms with E-state index in [0.29, 0.717) is 5.91 Å². The molecular weight excluding hydrogens is 200 g/mol. The summed E-state index contributed by atoms with van der Waals surface area (Å²) in [6.07, 6.45) is 8.69. The SMILES string of the molecule is CN(CC1CCC1)C(=O)C1CCCCCN1. The van der Waals surface area contributed by atoms with Crippen molar-refractivity contribution >= 4 is 5.91 Å². The summed E-state index contributed by atoms with van der Waals surface area (Å²) >= 11 is 0. The van der Waals surface area contributed by atoms with Gasteiger partial charge in [-0.15, -0.1) is 0 Å². The van der Waals surface area contributed by atoms with Crippen LogP contribution in [0.2, 0.25) is 0 Å². The van der Waals surface area contributed by atoms with E-state index in [1.165, 1.54) is 38.5 Å². The van der Waals surface area contributed by atoms with E-state index in [9.17, 15) is 4.79 Å². The van der Waals surface area contributed by atoms with E-state index in [1.807, 2.05) is 11.9 Å². The van der Waals surface area contributed by atoms with Crippen LogP contribution in [0.25, 0.3) is 0 Å². The number of rotatable bonds is 3. The Morgan fingerprint density at radius 1 is 1.19 bits per heavy atom. The van der Waals surface area contributed by atoms with Crippen LogP contribution in [0.15, 0.2) is 0 Å². The first-order valence-electron chi connectivity index (χ1n) is 6.76. The first-order valence-corrected chi connectivity index (χ1v) is 6.76. The quantitative estimate of drug-likeness (QED) is 0.792. The van der Waals surface area contributed by atoms with Crippen LogP contribution in [0.5, 0.6) is 0 Å². The van der Waals surface area contributed by atoms with Gasteiger partial charge in [0.15, 0.2) is 0 Å².